The van der Waals surface area contributed by atoms with Crippen LogP contribution in [0.15, 0.2) is 41.0 Å². The minimum Gasteiger partial charge on any atom is -0.377 e. The summed E-state index contributed by atoms with van der Waals surface area (Å²) in [6.07, 6.45) is 7.25. The highest BCUT2D eigenvalue weighted by Crippen LogP contribution is 2.66. The van der Waals surface area contributed by atoms with Crippen LogP contribution >= 0.6 is 0 Å². The number of aliphatic hydroxyl groups is 1. The normalized spacial score (nSPS) is 35.7. The predicted molar refractivity (Wildman–Crippen MR) is 120 cm³/mol. The summed E-state index contributed by atoms with van der Waals surface area (Å²) in [5.74, 6) is 6.40. The molecule has 164 valence electrons. The van der Waals surface area contributed by atoms with Crippen LogP contribution in [-0.4, -0.2) is 16.5 Å². The Balaban J connectivity index is 1.72. The van der Waals surface area contributed by atoms with Crippen LogP contribution in [-0.2, 0) is 4.79 Å². The molecule has 0 saturated heterocycles. The molecule has 0 unspecified atom stereocenters. The molecule has 5 atom stereocenters. The monoisotopic (exact) mass is 429 g/mol. The van der Waals surface area contributed by atoms with Crippen LogP contribution in [0.4, 0.5) is 4.39 Å². The summed E-state index contributed by atoms with van der Waals surface area (Å²) < 4.78 is 14.2. The number of carbonyl (C=O) groups excluding carboxylic acids is 1. The maximum atomic E-state index is 14.2. The van der Waals surface area contributed by atoms with Gasteiger partial charge in [-0.25, -0.2) is 4.39 Å². The number of allylic oxidation sites excluding steroid dienone is 4. The molecule has 0 spiro atoms. The van der Waals surface area contributed by atoms with E-state index in [4.69, 9.17) is 0 Å². The van der Waals surface area contributed by atoms with Crippen LogP contribution < -0.4 is 0 Å². The Morgan fingerprint density at radius 2 is 2.03 bits per heavy atom. The first-order valence-electron chi connectivity index (χ1n) is 11.6. The van der Waals surface area contributed by atoms with Gasteiger partial charge in [0.1, 0.15) is 17.5 Å². The van der Waals surface area contributed by atoms with Crippen molar-refractivity contribution in [1.82, 2.24) is 0 Å². The minimum atomic E-state index is -1.04. The van der Waals surface area contributed by atoms with Crippen molar-refractivity contribution in [3.05, 3.63) is 57.9 Å². The van der Waals surface area contributed by atoms with Gasteiger partial charge in [-0.1, -0.05) is 24.5 Å². The lowest BCUT2D eigenvalue weighted by atomic mass is 9.51. The second-order valence-corrected chi connectivity index (χ2v) is 10.1. The molecular weight excluding hydrogens is 401 g/mol. The number of ketones is 1. The zero-order chi connectivity index (χ0) is 22.7. The van der Waals surface area contributed by atoms with Crippen molar-refractivity contribution < 1.29 is 14.3 Å². The second kappa shape index (κ2) is 7.43. The number of hydrogen-bond acceptors (Lipinski definition) is 3. The van der Waals surface area contributed by atoms with E-state index in [0.29, 0.717) is 31.1 Å². The molecule has 0 aromatic heterocycles. The fraction of sp³-hybridized carbons (Fsp3) is 0.500. The molecule has 0 amide bonds. The van der Waals surface area contributed by atoms with Gasteiger partial charge in [0.15, 0.2) is 5.78 Å². The maximum absolute atomic E-state index is 14.2. The summed E-state index contributed by atoms with van der Waals surface area (Å²) in [4.78, 5) is 12.1. The van der Waals surface area contributed by atoms with Crippen LogP contribution in [0.1, 0.15) is 75.8 Å². The summed E-state index contributed by atoms with van der Waals surface area (Å²) >= 11 is 0. The van der Waals surface area contributed by atoms with Gasteiger partial charge in [0.2, 0.25) is 0 Å². The fourth-order valence-corrected chi connectivity index (χ4v) is 7.22. The predicted octanol–water partition coefficient (Wildman–Crippen LogP) is 5.35. The van der Waals surface area contributed by atoms with Crippen LogP contribution in [0, 0.1) is 46.2 Å². The summed E-state index contributed by atoms with van der Waals surface area (Å²) in [7, 11) is 0. The van der Waals surface area contributed by atoms with E-state index in [9.17, 15) is 19.6 Å². The third-order valence-electron chi connectivity index (χ3n) is 8.73. The number of halogens is 1. The van der Waals surface area contributed by atoms with Crippen LogP contribution in [0.2, 0.25) is 0 Å². The fourth-order valence-electron chi connectivity index (χ4n) is 7.22. The molecule has 32 heavy (non-hydrogen) atoms. The SMILES string of the molecule is CC#C[C@]1(O)CC[C@H]2[C@@H]3CCC4=CC(=O)CCC4=C3[C@@H](c3ccc(F)c(C#N)c3)C[C@@]21C. The number of rotatable bonds is 1. The van der Waals surface area contributed by atoms with Crippen molar-refractivity contribution in [3.63, 3.8) is 0 Å². The lowest BCUT2D eigenvalue weighted by molar-refractivity contribution is -0.114. The lowest BCUT2D eigenvalue weighted by Gasteiger charge is -2.53. The van der Waals surface area contributed by atoms with Crippen molar-refractivity contribution >= 4 is 5.78 Å². The van der Waals surface area contributed by atoms with Crippen LogP contribution in [0.25, 0.3) is 0 Å². The third-order valence-corrected chi connectivity index (χ3v) is 8.73. The molecule has 1 N–H and O–H groups in total. The highest BCUT2D eigenvalue weighted by atomic mass is 19.1. The van der Waals surface area contributed by atoms with E-state index in [0.717, 1.165) is 36.8 Å². The molecule has 2 saturated carbocycles. The standard InChI is InChI=1S/C28H28FNO2/c1-3-11-28(32)12-10-24-22-7-4-18-14-20(31)6-8-21(18)26(22)23(15-27(24,28)2)17-5-9-25(29)19(13-17)16-30/h5,9,13-14,22-24,32H,4,6-8,10,12,15H2,1-2H3/t22-,23+,24-,27-,28-/m0/s1. The Hall–Kier alpha value is -2.69. The molecule has 4 aliphatic rings. The van der Waals surface area contributed by atoms with Crippen LogP contribution in [0.5, 0.6) is 0 Å². The van der Waals surface area contributed by atoms with Crippen LogP contribution in [0.3, 0.4) is 0 Å². The number of hydrogen-bond donors (Lipinski definition) is 1. The van der Waals surface area contributed by atoms with Gasteiger partial charge >= 0.3 is 0 Å². The minimum absolute atomic E-state index is 0.0240. The van der Waals surface area contributed by atoms with Gasteiger partial charge in [0, 0.05) is 17.8 Å². The zero-order valence-electron chi connectivity index (χ0n) is 18.7. The van der Waals surface area contributed by atoms with Gasteiger partial charge in [-0.15, -0.1) is 5.92 Å². The first kappa shape index (κ1) is 21.2. The Kier molecular flexibility index (Phi) is 4.92. The van der Waals surface area contributed by atoms with E-state index in [1.54, 1.807) is 19.1 Å². The molecule has 1 aromatic carbocycles. The first-order valence-corrected chi connectivity index (χ1v) is 11.6. The van der Waals surface area contributed by atoms with E-state index in [1.807, 2.05) is 12.1 Å². The van der Waals surface area contributed by atoms with Gasteiger partial charge in [-0.05, 0) is 92.2 Å². The number of benzene rings is 1. The van der Waals surface area contributed by atoms with Gasteiger partial charge in [-0.2, -0.15) is 5.26 Å². The third kappa shape index (κ3) is 2.93. The maximum Gasteiger partial charge on any atom is 0.156 e. The number of nitrogens with zero attached hydrogens (tertiary/aromatic N) is 1. The van der Waals surface area contributed by atoms with Crippen molar-refractivity contribution in [2.45, 2.75) is 70.3 Å². The first-order chi connectivity index (χ1) is 15.3. The average Bonchev–Trinajstić information content (AvgIpc) is 3.03. The summed E-state index contributed by atoms with van der Waals surface area (Å²) in [6.45, 7) is 3.95. The topological polar surface area (TPSA) is 61.1 Å². The summed E-state index contributed by atoms with van der Waals surface area (Å²) in [5.41, 5.74) is 3.36. The van der Waals surface area contributed by atoms with Gasteiger partial charge in [0.25, 0.3) is 0 Å². The van der Waals surface area contributed by atoms with Gasteiger partial charge in [0.05, 0.1) is 5.56 Å². The molecule has 0 aliphatic heterocycles. The molecule has 2 fully saturated rings. The highest BCUT2D eigenvalue weighted by Gasteiger charge is 2.62. The molecule has 1 aromatic rings. The summed E-state index contributed by atoms with van der Waals surface area (Å²) in [5, 5.41) is 21.1. The molecule has 0 bridgehead atoms. The Morgan fingerprint density at radius 3 is 2.78 bits per heavy atom. The second-order valence-electron chi connectivity index (χ2n) is 10.1. The van der Waals surface area contributed by atoms with E-state index in [1.165, 1.54) is 17.2 Å². The van der Waals surface area contributed by atoms with Crippen molar-refractivity contribution in [2.24, 2.45) is 17.3 Å². The molecule has 0 heterocycles. The molecule has 3 nitrogen and oxygen atoms in total. The smallest absolute Gasteiger partial charge is 0.156 e. The van der Waals surface area contributed by atoms with Gasteiger partial charge < -0.3 is 5.11 Å². The molecule has 4 heteroatoms. The zero-order valence-corrected chi connectivity index (χ0v) is 18.7. The largest absolute Gasteiger partial charge is 0.377 e. The Bertz CT molecular complexity index is 1180. The highest BCUT2D eigenvalue weighted by molar-refractivity contribution is 5.93. The quantitative estimate of drug-likeness (QED) is 0.612. The van der Waals surface area contributed by atoms with Crippen molar-refractivity contribution in [2.75, 3.05) is 0 Å². The number of fused-ring (bicyclic) bond motifs is 4. The summed E-state index contributed by atoms with van der Waals surface area (Å²) in [6, 6.07) is 6.84. The lowest BCUT2D eigenvalue weighted by Crippen LogP contribution is -2.51. The molecule has 4 aliphatic carbocycles. The van der Waals surface area contributed by atoms with Gasteiger partial charge in [-0.3, -0.25) is 4.79 Å². The van der Waals surface area contributed by atoms with E-state index >= 15 is 0 Å². The van der Waals surface area contributed by atoms with E-state index < -0.39 is 11.4 Å². The Morgan fingerprint density at radius 1 is 1.22 bits per heavy atom. The molecule has 0 radical (unpaired) electrons. The van der Waals surface area contributed by atoms with Crippen molar-refractivity contribution in [1.29, 1.82) is 5.26 Å². The number of carbonyl (C=O) groups is 1. The van der Waals surface area contributed by atoms with E-state index in [-0.39, 0.29) is 22.7 Å². The number of nitriles is 1. The van der Waals surface area contributed by atoms with E-state index in [2.05, 4.69) is 18.8 Å². The molecular formula is C28H28FNO2. The average molecular weight is 430 g/mol. The Labute approximate surface area is 189 Å². The molecule has 5 rings (SSSR count). The van der Waals surface area contributed by atoms with Crippen molar-refractivity contribution in [3.8, 4) is 17.9 Å².